The van der Waals surface area contributed by atoms with E-state index in [0.29, 0.717) is 18.2 Å². The number of unbranched alkanes of at least 4 members (excludes halogenated alkanes) is 4. The highest BCUT2D eigenvalue weighted by Crippen LogP contribution is 2.20. The maximum Gasteiger partial charge on any atom is 0.411 e. The summed E-state index contributed by atoms with van der Waals surface area (Å²) < 4.78 is 5.53. The van der Waals surface area contributed by atoms with Crippen LogP contribution in [0.2, 0.25) is 0 Å². The van der Waals surface area contributed by atoms with Crippen LogP contribution in [-0.2, 0) is 9.53 Å². The van der Waals surface area contributed by atoms with Gasteiger partial charge in [-0.15, -0.1) is 11.8 Å². The summed E-state index contributed by atoms with van der Waals surface area (Å²) in [6.45, 7) is 11.9. The maximum absolute atomic E-state index is 12.8. The molecule has 0 saturated carbocycles. The van der Waals surface area contributed by atoms with Crippen molar-refractivity contribution in [3.8, 4) is 0 Å². The van der Waals surface area contributed by atoms with Crippen molar-refractivity contribution in [3.63, 3.8) is 0 Å². The summed E-state index contributed by atoms with van der Waals surface area (Å²) in [7, 11) is 0. The summed E-state index contributed by atoms with van der Waals surface area (Å²) in [5, 5.41) is 0. The topological polar surface area (TPSA) is 46.6 Å². The van der Waals surface area contributed by atoms with Crippen molar-refractivity contribution in [2.75, 3.05) is 12.1 Å². The third kappa shape index (κ3) is 11.6. The molecule has 0 rings (SSSR count). The van der Waals surface area contributed by atoms with Gasteiger partial charge in [0.15, 0.2) is 5.78 Å². The molecule has 0 saturated heterocycles. The van der Waals surface area contributed by atoms with Gasteiger partial charge in [-0.25, -0.2) is 4.79 Å². The lowest BCUT2D eigenvalue weighted by atomic mass is 9.98. The number of carbonyl (C=O) groups excluding carboxylic acids is 2. The largest absolute Gasteiger partial charge is 0.444 e. The van der Waals surface area contributed by atoms with Gasteiger partial charge in [0.05, 0.1) is 11.9 Å². The van der Waals surface area contributed by atoms with Crippen LogP contribution in [0.15, 0.2) is 12.2 Å². The third-order valence-electron chi connectivity index (χ3n) is 3.80. The molecular formula is C21H39NO3S. The number of amides is 1. The van der Waals surface area contributed by atoms with Gasteiger partial charge in [-0.05, 0) is 58.3 Å². The fourth-order valence-electron chi connectivity index (χ4n) is 2.57. The average Bonchev–Trinajstić information content (AvgIpc) is 2.51. The van der Waals surface area contributed by atoms with Gasteiger partial charge < -0.3 is 4.74 Å². The smallest absolute Gasteiger partial charge is 0.411 e. The van der Waals surface area contributed by atoms with Crippen molar-refractivity contribution in [1.82, 2.24) is 4.90 Å². The van der Waals surface area contributed by atoms with Crippen LogP contribution in [0, 0.1) is 5.92 Å². The molecule has 0 unspecified atom stereocenters. The number of nitrogens with zero attached hydrogens (tertiary/aromatic N) is 1. The second-order valence-electron chi connectivity index (χ2n) is 8.17. The molecule has 0 bridgehead atoms. The number of carbonyl (C=O) groups is 2. The molecule has 0 aromatic carbocycles. The fraction of sp³-hybridized carbons (Fsp3) is 0.810. The molecule has 152 valence electrons. The van der Waals surface area contributed by atoms with E-state index in [4.69, 9.17) is 4.74 Å². The molecule has 4 nitrogen and oxygen atoms in total. The lowest BCUT2D eigenvalue weighted by Crippen LogP contribution is -2.47. The van der Waals surface area contributed by atoms with Gasteiger partial charge in [-0.1, -0.05) is 46.1 Å². The molecule has 26 heavy (non-hydrogen) atoms. The number of hydrogen-bond acceptors (Lipinski definition) is 4. The first kappa shape index (κ1) is 25.0. The molecule has 0 N–H and O–H groups in total. The Bertz CT molecular complexity index is 441. The standard InChI is InChI=1S/C21H39NO3S/c1-8-9-10-11-12-13-14-19(23)18(15-17(2)3)22(16-26-7)20(24)25-21(4,5)6/h13-14,17-18H,8-12,15-16H2,1-7H3/b14-13+/t18-/m0/s1. The zero-order chi connectivity index (χ0) is 20.2. The predicted molar refractivity (Wildman–Crippen MR) is 113 cm³/mol. The molecule has 5 heteroatoms. The lowest BCUT2D eigenvalue weighted by Gasteiger charge is -2.32. The minimum atomic E-state index is -0.575. The number of allylic oxidation sites excluding steroid dienone is 1. The van der Waals surface area contributed by atoms with E-state index in [1.807, 2.05) is 33.1 Å². The van der Waals surface area contributed by atoms with Crippen LogP contribution in [-0.4, -0.2) is 40.6 Å². The number of rotatable bonds is 12. The Morgan fingerprint density at radius 2 is 1.81 bits per heavy atom. The van der Waals surface area contributed by atoms with Crippen LogP contribution in [0.5, 0.6) is 0 Å². The van der Waals surface area contributed by atoms with E-state index < -0.39 is 17.7 Å². The normalized spacial score (nSPS) is 13.2. The van der Waals surface area contributed by atoms with Crippen molar-refractivity contribution < 1.29 is 14.3 Å². The molecule has 0 fully saturated rings. The summed E-state index contributed by atoms with van der Waals surface area (Å²) in [6.07, 6.45) is 11.4. The van der Waals surface area contributed by atoms with Crippen LogP contribution in [0.1, 0.15) is 80.1 Å². The van der Waals surface area contributed by atoms with Crippen molar-refractivity contribution in [1.29, 1.82) is 0 Å². The van der Waals surface area contributed by atoms with Crippen LogP contribution in [0.3, 0.4) is 0 Å². The number of ketones is 1. The molecule has 1 atom stereocenters. The van der Waals surface area contributed by atoms with Gasteiger partial charge in [-0.3, -0.25) is 9.69 Å². The molecule has 0 aromatic rings. The van der Waals surface area contributed by atoms with Crippen molar-refractivity contribution >= 4 is 23.6 Å². The lowest BCUT2D eigenvalue weighted by molar-refractivity contribution is -0.119. The first-order valence-electron chi connectivity index (χ1n) is 9.81. The zero-order valence-corrected chi connectivity index (χ0v) is 18.7. The van der Waals surface area contributed by atoms with Crippen LogP contribution >= 0.6 is 11.8 Å². The fourth-order valence-corrected chi connectivity index (χ4v) is 3.14. The molecule has 0 aliphatic carbocycles. The SMILES string of the molecule is CCCCCC/C=C/C(=O)[C@H](CC(C)C)N(CSC)C(=O)OC(C)(C)C. The Morgan fingerprint density at radius 3 is 2.31 bits per heavy atom. The molecule has 0 aliphatic heterocycles. The predicted octanol–water partition coefficient (Wildman–Crippen LogP) is 6.05. The van der Waals surface area contributed by atoms with Gasteiger partial charge in [0.2, 0.25) is 0 Å². The summed E-state index contributed by atoms with van der Waals surface area (Å²) in [6, 6.07) is -0.468. The van der Waals surface area contributed by atoms with Gasteiger partial charge in [0.25, 0.3) is 0 Å². The molecule has 0 radical (unpaired) electrons. The van der Waals surface area contributed by atoms with E-state index in [-0.39, 0.29) is 5.78 Å². The quantitative estimate of drug-likeness (QED) is 0.233. The highest BCUT2D eigenvalue weighted by molar-refractivity contribution is 7.98. The second-order valence-corrected chi connectivity index (χ2v) is 9.00. The monoisotopic (exact) mass is 385 g/mol. The molecule has 0 aromatic heterocycles. The van der Waals surface area contributed by atoms with Crippen molar-refractivity contribution in [3.05, 3.63) is 12.2 Å². The van der Waals surface area contributed by atoms with E-state index in [0.717, 1.165) is 12.8 Å². The Kier molecular flexibility index (Phi) is 12.7. The third-order valence-corrected chi connectivity index (χ3v) is 4.34. The Morgan fingerprint density at radius 1 is 1.15 bits per heavy atom. The van der Waals surface area contributed by atoms with Gasteiger partial charge in [0, 0.05) is 0 Å². The summed E-state index contributed by atoms with van der Waals surface area (Å²) in [4.78, 5) is 27.0. The van der Waals surface area contributed by atoms with Crippen LogP contribution < -0.4 is 0 Å². The zero-order valence-electron chi connectivity index (χ0n) is 17.8. The summed E-state index contributed by atoms with van der Waals surface area (Å²) in [5.41, 5.74) is -0.575. The van der Waals surface area contributed by atoms with Gasteiger partial charge in [0.1, 0.15) is 5.60 Å². The number of ether oxygens (including phenoxy) is 1. The van der Waals surface area contributed by atoms with Crippen LogP contribution in [0.4, 0.5) is 4.79 Å². The molecule has 0 heterocycles. The molecule has 0 spiro atoms. The van der Waals surface area contributed by atoms with Gasteiger partial charge >= 0.3 is 6.09 Å². The van der Waals surface area contributed by atoms with Crippen molar-refractivity contribution in [2.45, 2.75) is 91.7 Å². The Hall–Kier alpha value is -0.970. The molecular weight excluding hydrogens is 346 g/mol. The minimum Gasteiger partial charge on any atom is -0.444 e. The van der Waals surface area contributed by atoms with Gasteiger partial charge in [-0.2, -0.15) is 0 Å². The first-order chi connectivity index (χ1) is 12.1. The number of hydrogen-bond donors (Lipinski definition) is 0. The summed E-state index contributed by atoms with van der Waals surface area (Å²) >= 11 is 1.52. The second kappa shape index (κ2) is 13.2. The minimum absolute atomic E-state index is 0.00546. The maximum atomic E-state index is 12.8. The molecule has 0 aliphatic rings. The Labute approximate surface area is 165 Å². The summed E-state index contributed by atoms with van der Waals surface area (Å²) in [5.74, 6) is 0.755. The van der Waals surface area contributed by atoms with Crippen LogP contribution in [0.25, 0.3) is 0 Å². The average molecular weight is 386 g/mol. The highest BCUT2D eigenvalue weighted by atomic mass is 32.2. The van der Waals surface area contributed by atoms with E-state index >= 15 is 0 Å². The van der Waals surface area contributed by atoms with E-state index in [1.165, 1.54) is 31.0 Å². The first-order valence-corrected chi connectivity index (χ1v) is 11.2. The Balaban J connectivity index is 5.10. The number of thioether (sulfide) groups is 1. The van der Waals surface area contributed by atoms with E-state index in [1.54, 1.807) is 11.0 Å². The van der Waals surface area contributed by atoms with E-state index in [2.05, 4.69) is 20.8 Å². The van der Waals surface area contributed by atoms with E-state index in [9.17, 15) is 9.59 Å². The van der Waals surface area contributed by atoms with Crippen molar-refractivity contribution in [2.24, 2.45) is 5.92 Å². The molecule has 1 amide bonds. The highest BCUT2D eigenvalue weighted by Gasteiger charge is 2.32.